The smallest absolute Gasteiger partial charge is 0.228 e. The number of piperazine rings is 1. The molecule has 1 saturated heterocycles. The van der Waals surface area contributed by atoms with Crippen LogP contribution in [0.3, 0.4) is 0 Å². The van der Waals surface area contributed by atoms with E-state index in [1.165, 1.54) is 0 Å². The van der Waals surface area contributed by atoms with Crippen molar-refractivity contribution < 1.29 is 5.11 Å². The topological polar surface area (TPSA) is 91.2 Å². The van der Waals surface area contributed by atoms with Crippen molar-refractivity contribution >= 4 is 11.8 Å². The van der Waals surface area contributed by atoms with Crippen LogP contribution in [0.2, 0.25) is 0 Å². The van der Waals surface area contributed by atoms with Crippen molar-refractivity contribution in [2.75, 3.05) is 22.9 Å². The van der Waals surface area contributed by atoms with Gasteiger partial charge in [0.2, 0.25) is 5.95 Å². The second-order valence-corrected chi connectivity index (χ2v) is 6.69. The highest BCUT2D eigenvalue weighted by molar-refractivity contribution is 5.45. The Kier molecular flexibility index (Phi) is 4.80. The summed E-state index contributed by atoms with van der Waals surface area (Å²) in [5.74, 6) is 3.50. The highest BCUT2D eigenvalue weighted by Gasteiger charge is 2.32. The summed E-state index contributed by atoms with van der Waals surface area (Å²) in [4.78, 5) is 26.4. The van der Waals surface area contributed by atoms with Crippen LogP contribution in [0.5, 0.6) is 0 Å². The lowest BCUT2D eigenvalue weighted by Gasteiger charge is -2.45. The van der Waals surface area contributed by atoms with E-state index in [4.69, 9.17) is 0 Å². The molecule has 1 aliphatic heterocycles. The summed E-state index contributed by atoms with van der Waals surface area (Å²) in [7, 11) is 0. The van der Waals surface area contributed by atoms with Crippen molar-refractivity contribution in [3.63, 3.8) is 0 Å². The Balaban J connectivity index is 1.84. The van der Waals surface area contributed by atoms with Gasteiger partial charge in [-0.1, -0.05) is 0 Å². The van der Waals surface area contributed by atoms with Crippen LogP contribution in [0, 0.1) is 13.8 Å². The first kappa shape index (κ1) is 17.5. The molecule has 2 aromatic heterocycles. The van der Waals surface area contributed by atoms with E-state index in [1.807, 2.05) is 19.9 Å². The second-order valence-electron chi connectivity index (χ2n) is 6.69. The molecule has 0 aromatic carbocycles. The van der Waals surface area contributed by atoms with Gasteiger partial charge in [-0.2, -0.15) is 9.97 Å². The quantitative estimate of drug-likeness (QED) is 0.895. The molecule has 0 aliphatic carbocycles. The number of aliphatic hydroxyl groups excluding tert-OH is 1. The zero-order valence-electron chi connectivity index (χ0n) is 15.4. The van der Waals surface area contributed by atoms with Gasteiger partial charge in [0.15, 0.2) is 5.82 Å². The minimum atomic E-state index is -0.678. The molecule has 1 aliphatic rings. The lowest BCUT2D eigenvalue weighted by Crippen LogP contribution is -2.57. The SMILES string of the molecule is Cc1nc(C)nc(N2C[C@@H](C)N(c3ccnc([C@H](C)O)n3)[C@@H](C)C2)n1. The minimum absolute atomic E-state index is 0.220. The fourth-order valence-corrected chi connectivity index (χ4v) is 3.39. The first-order valence-corrected chi connectivity index (χ1v) is 8.58. The number of aliphatic hydroxyl groups is 1. The van der Waals surface area contributed by atoms with E-state index < -0.39 is 6.10 Å². The fourth-order valence-electron chi connectivity index (χ4n) is 3.39. The summed E-state index contributed by atoms with van der Waals surface area (Å²) in [6.07, 6.45) is 1.03. The van der Waals surface area contributed by atoms with Crippen molar-refractivity contribution in [2.45, 2.75) is 52.8 Å². The number of rotatable bonds is 3. The monoisotopic (exact) mass is 343 g/mol. The van der Waals surface area contributed by atoms with Crippen molar-refractivity contribution in [3.8, 4) is 0 Å². The molecule has 1 N–H and O–H groups in total. The van der Waals surface area contributed by atoms with Crippen LogP contribution >= 0.6 is 0 Å². The molecule has 134 valence electrons. The van der Waals surface area contributed by atoms with Crippen molar-refractivity contribution in [1.82, 2.24) is 24.9 Å². The average molecular weight is 343 g/mol. The Labute approximate surface area is 148 Å². The molecule has 2 aromatic rings. The van der Waals surface area contributed by atoms with Gasteiger partial charge in [-0.05, 0) is 40.7 Å². The molecule has 0 radical (unpaired) electrons. The second kappa shape index (κ2) is 6.87. The molecule has 0 spiro atoms. The lowest BCUT2D eigenvalue weighted by molar-refractivity contribution is 0.189. The lowest BCUT2D eigenvalue weighted by atomic mass is 10.1. The minimum Gasteiger partial charge on any atom is -0.385 e. The number of aromatic nitrogens is 5. The summed E-state index contributed by atoms with van der Waals surface area (Å²) in [5.41, 5.74) is 0. The number of nitrogens with zero attached hydrogens (tertiary/aromatic N) is 7. The van der Waals surface area contributed by atoms with Gasteiger partial charge in [0.05, 0.1) is 0 Å². The van der Waals surface area contributed by atoms with Crippen LogP contribution in [0.15, 0.2) is 12.3 Å². The van der Waals surface area contributed by atoms with Crippen LogP contribution in [0.25, 0.3) is 0 Å². The summed E-state index contributed by atoms with van der Waals surface area (Å²) >= 11 is 0. The van der Waals surface area contributed by atoms with Crippen LogP contribution in [0.4, 0.5) is 11.8 Å². The third kappa shape index (κ3) is 3.68. The predicted octanol–water partition coefficient (Wildman–Crippen LogP) is 1.44. The van der Waals surface area contributed by atoms with Gasteiger partial charge >= 0.3 is 0 Å². The Morgan fingerprint density at radius 2 is 1.64 bits per heavy atom. The van der Waals surface area contributed by atoms with Crippen LogP contribution in [0.1, 0.15) is 44.3 Å². The van der Waals surface area contributed by atoms with Crippen LogP contribution in [-0.2, 0) is 0 Å². The maximum atomic E-state index is 9.75. The summed E-state index contributed by atoms with van der Waals surface area (Å²) < 4.78 is 0. The van der Waals surface area contributed by atoms with Gasteiger partial charge in [-0.25, -0.2) is 15.0 Å². The number of hydrogen-bond acceptors (Lipinski definition) is 8. The zero-order chi connectivity index (χ0) is 18.1. The number of hydrogen-bond donors (Lipinski definition) is 1. The van der Waals surface area contributed by atoms with Gasteiger partial charge in [0.1, 0.15) is 23.6 Å². The molecule has 25 heavy (non-hydrogen) atoms. The largest absolute Gasteiger partial charge is 0.385 e. The Hall–Kier alpha value is -2.35. The standard InChI is InChI=1S/C17H25N7O/c1-10-8-23(17-20-13(4)19-14(5)21-17)9-11(2)24(10)15-6-7-18-16(22-15)12(3)25/h6-7,10-12,25H,8-9H2,1-5H3/t10-,11+,12-/m0/s1. The van der Waals surface area contributed by atoms with E-state index in [0.717, 1.165) is 36.5 Å². The van der Waals surface area contributed by atoms with E-state index in [2.05, 4.69) is 48.6 Å². The molecule has 0 bridgehead atoms. The summed E-state index contributed by atoms with van der Waals surface area (Å²) in [6.45, 7) is 11.4. The Morgan fingerprint density at radius 3 is 2.20 bits per heavy atom. The normalized spacial score (nSPS) is 22.2. The first-order chi connectivity index (χ1) is 11.8. The highest BCUT2D eigenvalue weighted by atomic mass is 16.3. The molecule has 1 fully saturated rings. The number of anilines is 2. The molecule has 0 amide bonds. The molecule has 0 unspecified atom stereocenters. The van der Waals surface area contributed by atoms with Gasteiger partial charge in [0.25, 0.3) is 0 Å². The average Bonchev–Trinajstić information content (AvgIpc) is 2.53. The van der Waals surface area contributed by atoms with Gasteiger partial charge in [-0.15, -0.1) is 0 Å². The first-order valence-electron chi connectivity index (χ1n) is 8.58. The Bertz CT molecular complexity index is 719. The highest BCUT2D eigenvalue weighted by Crippen LogP contribution is 2.25. The Morgan fingerprint density at radius 1 is 1.04 bits per heavy atom. The van der Waals surface area contributed by atoms with Gasteiger partial charge in [0, 0.05) is 31.4 Å². The van der Waals surface area contributed by atoms with Crippen LogP contribution in [-0.4, -0.2) is 55.2 Å². The molecule has 3 heterocycles. The maximum absolute atomic E-state index is 9.75. The predicted molar refractivity (Wildman–Crippen MR) is 95.6 cm³/mol. The maximum Gasteiger partial charge on any atom is 0.228 e. The van der Waals surface area contributed by atoms with Gasteiger partial charge in [-0.3, -0.25) is 0 Å². The third-order valence-corrected chi connectivity index (χ3v) is 4.35. The zero-order valence-corrected chi connectivity index (χ0v) is 15.4. The van der Waals surface area contributed by atoms with E-state index >= 15 is 0 Å². The van der Waals surface area contributed by atoms with Crippen LogP contribution < -0.4 is 9.80 Å². The van der Waals surface area contributed by atoms with Crippen molar-refractivity contribution in [2.24, 2.45) is 0 Å². The molecular weight excluding hydrogens is 318 g/mol. The summed E-state index contributed by atoms with van der Waals surface area (Å²) in [6, 6.07) is 2.34. The summed E-state index contributed by atoms with van der Waals surface area (Å²) in [5, 5.41) is 9.75. The molecule has 3 rings (SSSR count). The van der Waals surface area contributed by atoms with E-state index in [-0.39, 0.29) is 12.1 Å². The molecule has 0 saturated carbocycles. The van der Waals surface area contributed by atoms with Crippen molar-refractivity contribution in [3.05, 3.63) is 29.7 Å². The molecule has 8 nitrogen and oxygen atoms in total. The fraction of sp³-hybridized carbons (Fsp3) is 0.588. The van der Waals surface area contributed by atoms with E-state index in [9.17, 15) is 5.11 Å². The third-order valence-electron chi connectivity index (χ3n) is 4.35. The molecule has 8 heteroatoms. The van der Waals surface area contributed by atoms with Gasteiger partial charge < -0.3 is 14.9 Å². The van der Waals surface area contributed by atoms with Crippen molar-refractivity contribution in [1.29, 1.82) is 0 Å². The van der Waals surface area contributed by atoms with E-state index in [0.29, 0.717) is 5.82 Å². The van der Waals surface area contributed by atoms with E-state index in [1.54, 1.807) is 13.1 Å². The molecular formula is C17H25N7O. The molecule has 3 atom stereocenters. The number of aryl methyl sites for hydroxylation is 2.